The Hall–Kier alpha value is -2.67. The summed E-state index contributed by atoms with van der Waals surface area (Å²) in [5.74, 6) is 1.66. The van der Waals surface area contributed by atoms with Gasteiger partial charge in [0, 0.05) is 28.1 Å². The predicted molar refractivity (Wildman–Crippen MR) is 98.6 cm³/mol. The van der Waals surface area contributed by atoms with E-state index < -0.39 is 0 Å². The van der Waals surface area contributed by atoms with Crippen molar-refractivity contribution in [2.45, 2.75) is 24.8 Å². The average molecular weight is 411 g/mol. The molecule has 130 valence electrons. The van der Waals surface area contributed by atoms with Gasteiger partial charge in [-0.1, -0.05) is 28.1 Å². The van der Waals surface area contributed by atoms with Gasteiger partial charge in [0.25, 0.3) is 0 Å². The zero-order valence-corrected chi connectivity index (χ0v) is 15.3. The molecule has 5 rings (SSSR count). The van der Waals surface area contributed by atoms with Crippen molar-refractivity contribution in [1.82, 2.24) is 14.8 Å². The maximum Gasteiger partial charge on any atom is 0.226 e. The molecule has 0 saturated heterocycles. The van der Waals surface area contributed by atoms with Crippen LogP contribution in [0, 0.1) is 0 Å². The van der Waals surface area contributed by atoms with Crippen LogP contribution in [-0.4, -0.2) is 20.5 Å². The fourth-order valence-electron chi connectivity index (χ4n) is 3.86. The first-order valence-electron chi connectivity index (χ1n) is 8.42. The highest BCUT2D eigenvalue weighted by molar-refractivity contribution is 9.10. The van der Waals surface area contributed by atoms with Crippen LogP contribution in [0.3, 0.4) is 0 Å². The number of carbonyl (C=O) groups is 1. The Bertz CT molecular complexity index is 1020. The second kappa shape index (κ2) is 5.95. The molecule has 26 heavy (non-hydrogen) atoms. The largest absolute Gasteiger partial charge is 0.469 e. The number of allylic oxidation sites excluding steroid dienone is 2. The zero-order chi connectivity index (χ0) is 17.7. The number of anilines is 1. The van der Waals surface area contributed by atoms with Gasteiger partial charge >= 0.3 is 0 Å². The topological polar surface area (TPSA) is 73.0 Å². The Kier molecular flexibility index (Phi) is 3.56. The van der Waals surface area contributed by atoms with Gasteiger partial charge in [-0.3, -0.25) is 4.79 Å². The Morgan fingerprint density at radius 2 is 2.15 bits per heavy atom. The normalized spacial score (nSPS) is 22.0. The van der Waals surface area contributed by atoms with Crippen molar-refractivity contribution in [3.8, 4) is 0 Å². The number of halogens is 1. The van der Waals surface area contributed by atoms with Gasteiger partial charge in [0.1, 0.15) is 18.1 Å². The lowest BCUT2D eigenvalue weighted by atomic mass is 9.79. The number of furan rings is 1. The molecule has 1 N–H and O–H groups in total. The number of fused-ring (bicyclic) bond motifs is 1. The van der Waals surface area contributed by atoms with Gasteiger partial charge in [-0.25, -0.2) is 4.68 Å². The Labute approximate surface area is 158 Å². The summed E-state index contributed by atoms with van der Waals surface area (Å²) in [5.41, 5.74) is 2.68. The standard InChI is InChI=1S/C19H15BrN4O2/c20-13-4-1-3-11(7-13)18-17-14(23-19-21-10-22-24(18)19)8-12(9-15(17)25)16-5-2-6-26-16/h1-7,10,12,18H,8-9H2,(H,21,22,23)/t12-,18-/m1/s1. The molecule has 0 fully saturated rings. The summed E-state index contributed by atoms with van der Waals surface area (Å²) in [5, 5.41) is 7.67. The van der Waals surface area contributed by atoms with E-state index in [4.69, 9.17) is 4.42 Å². The third-order valence-corrected chi connectivity index (χ3v) is 5.46. The average Bonchev–Trinajstić information content (AvgIpc) is 3.31. The molecule has 1 aliphatic carbocycles. The van der Waals surface area contributed by atoms with E-state index in [1.165, 1.54) is 6.33 Å². The van der Waals surface area contributed by atoms with E-state index in [-0.39, 0.29) is 17.7 Å². The van der Waals surface area contributed by atoms with E-state index in [0.717, 1.165) is 27.1 Å². The van der Waals surface area contributed by atoms with Crippen LogP contribution in [0.4, 0.5) is 5.95 Å². The van der Waals surface area contributed by atoms with E-state index in [9.17, 15) is 4.79 Å². The molecule has 0 unspecified atom stereocenters. The summed E-state index contributed by atoms with van der Waals surface area (Å²) in [6, 6.07) is 11.5. The first kappa shape index (κ1) is 15.6. The number of nitrogens with zero attached hydrogens (tertiary/aromatic N) is 3. The van der Waals surface area contributed by atoms with Crippen LogP contribution < -0.4 is 5.32 Å². The van der Waals surface area contributed by atoms with Crippen LogP contribution in [0.15, 0.2) is 69.1 Å². The Balaban J connectivity index is 1.63. The van der Waals surface area contributed by atoms with Gasteiger partial charge in [-0.2, -0.15) is 10.1 Å². The Morgan fingerprint density at radius 3 is 2.96 bits per heavy atom. The van der Waals surface area contributed by atoms with Crippen molar-refractivity contribution in [3.05, 3.63) is 76.1 Å². The third-order valence-electron chi connectivity index (χ3n) is 4.97. The molecule has 0 amide bonds. The number of aromatic nitrogens is 3. The first-order chi connectivity index (χ1) is 12.7. The minimum absolute atomic E-state index is 0.0429. The molecule has 0 saturated carbocycles. The molecule has 2 atom stereocenters. The van der Waals surface area contributed by atoms with Crippen LogP contribution in [0.2, 0.25) is 0 Å². The fourth-order valence-corrected chi connectivity index (χ4v) is 4.28. The van der Waals surface area contributed by atoms with Gasteiger partial charge in [0.05, 0.1) is 6.26 Å². The number of benzene rings is 1. The summed E-state index contributed by atoms with van der Waals surface area (Å²) in [6.45, 7) is 0. The summed E-state index contributed by atoms with van der Waals surface area (Å²) in [7, 11) is 0. The summed E-state index contributed by atoms with van der Waals surface area (Å²) in [4.78, 5) is 17.4. The highest BCUT2D eigenvalue weighted by atomic mass is 79.9. The SMILES string of the molecule is O=C1C[C@H](c2ccco2)CC2=C1[C@@H](c1cccc(Br)c1)n1ncnc1N2. The monoisotopic (exact) mass is 410 g/mol. The molecule has 3 heterocycles. The molecule has 1 aromatic carbocycles. The molecule has 0 bridgehead atoms. The summed E-state index contributed by atoms with van der Waals surface area (Å²) >= 11 is 3.52. The van der Waals surface area contributed by atoms with Gasteiger partial charge in [0.15, 0.2) is 5.78 Å². The molecule has 3 aromatic rings. The maximum absolute atomic E-state index is 13.1. The Morgan fingerprint density at radius 1 is 1.23 bits per heavy atom. The van der Waals surface area contributed by atoms with Crippen LogP contribution >= 0.6 is 15.9 Å². The van der Waals surface area contributed by atoms with Crippen LogP contribution in [0.25, 0.3) is 0 Å². The summed E-state index contributed by atoms with van der Waals surface area (Å²) < 4.78 is 8.29. The van der Waals surface area contributed by atoms with Gasteiger partial charge < -0.3 is 9.73 Å². The number of rotatable bonds is 2. The number of hydrogen-bond donors (Lipinski definition) is 1. The van der Waals surface area contributed by atoms with Crippen LogP contribution in [-0.2, 0) is 4.79 Å². The fraction of sp³-hybridized carbons (Fsp3) is 0.211. The lowest BCUT2D eigenvalue weighted by molar-refractivity contribution is -0.117. The highest BCUT2D eigenvalue weighted by Gasteiger charge is 2.39. The van der Waals surface area contributed by atoms with E-state index >= 15 is 0 Å². The molecule has 6 nitrogen and oxygen atoms in total. The molecule has 2 aliphatic rings. The summed E-state index contributed by atoms with van der Waals surface area (Å²) in [6.07, 6.45) is 4.31. The first-order valence-corrected chi connectivity index (χ1v) is 9.21. The molecule has 0 spiro atoms. The van der Waals surface area contributed by atoms with E-state index in [1.807, 2.05) is 36.4 Å². The highest BCUT2D eigenvalue weighted by Crippen LogP contribution is 2.44. The van der Waals surface area contributed by atoms with Gasteiger partial charge in [-0.05, 0) is 36.2 Å². The molecule has 7 heteroatoms. The van der Waals surface area contributed by atoms with Gasteiger partial charge in [-0.15, -0.1) is 0 Å². The minimum atomic E-state index is -0.272. The zero-order valence-electron chi connectivity index (χ0n) is 13.7. The second-order valence-corrected chi connectivity index (χ2v) is 7.46. The van der Waals surface area contributed by atoms with Crippen molar-refractivity contribution in [2.24, 2.45) is 0 Å². The van der Waals surface area contributed by atoms with E-state index in [2.05, 4.69) is 31.3 Å². The number of nitrogens with one attached hydrogen (secondary N) is 1. The molecule has 2 aromatic heterocycles. The number of carbonyl (C=O) groups excluding carboxylic acids is 1. The predicted octanol–water partition coefficient (Wildman–Crippen LogP) is 4.05. The second-order valence-electron chi connectivity index (χ2n) is 6.55. The van der Waals surface area contributed by atoms with Gasteiger partial charge in [0.2, 0.25) is 5.95 Å². The molecule has 0 radical (unpaired) electrons. The van der Waals surface area contributed by atoms with Crippen LogP contribution in [0.1, 0.15) is 36.1 Å². The lowest BCUT2D eigenvalue weighted by Crippen LogP contribution is -2.33. The molecular weight excluding hydrogens is 396 g/mol. The van der Waals surface area contributed by atoms with Crippen molar-refractivity contribution in [2.75, 3.05) is 5.32 Å². The number of hydrogen-bond acceptors (Lipinski definition) is 5. The number of ketones is 1. The minimum Gasteiger partial charge on any atom is -0.469 e. The van der Waals surface area contributed by atoms with E-state index in [1.54, 1.807) is 10.9 Å². The van der Waals surface area contributed by atoms with Crippen molar-refractivity contribution >= 4 is 27.7 Å². The van der Waals surface area contributed by atoms with Crippen molar-refractivity contribution in [3.63, 3.8) is 0 Å². The van der Waals surface area contributed by atoms with Crippen molar-refractivity contribution in [1.29, 1.82) is 0 Å². The van der Waals surface area contributed by atoms with Crippen LogP contribution in [0.5, 0.6) is 0 Å². The van der Waals surface area contributed by atoms with E-state index in [0.29, 0.717) is 18.8 Å². The quantitative estimate of drug-likeness (QED) is 0.689. The van der Waals surface area contributed by atoms with Crippen molar-refractivity contribution < 1.29 is 9.21 Å². The maximum atomic E-state index is 13.1. The molecule has 1 aliphatic heterocycles. The molecular formula is C19H15BrN4O2. The smallest absolute Gasteiger partial charge is 0.226 e. The third kappa shape index (κ3) is 2.42. The number of Topliss-reactive ketones (excluding diaryl/α,β-unsaturated/α-hetero) is 1. The lowest BCUT2D eigenvalue weighted by Gasteiger charge is -2.34.